The Morgan fingerprint density at radius 2 is 1.73 bits per heavy atom. The summed E-state index contributed by atoms with van der Waals surface area (Å²) in [7, 11) is 0. The summed E-state index contributed by atoms with van der Waals surface area (Å²) in [6.45, 7) is 3.49. The molecule has 0 saturated heterocycles. The number of carbonyl (C=O) groups excluding carboxylic acids is 1. The lowest BCUT2D eigenvalue weighted by Gasteiger charge is -2.30. The number of nitrogens with zero attached hydrogens (tertiary/aromatic N) is 1. The van der Waals surface area contributed by atoms with Gasteiger partial charge in [0.05, 0.1) is 16.1 Å². The molecular weight excluding hydrogens is 509 g/mol. The van der Waals surface area contributed by atoms with Crippen molar-refractivity contribution in [3.8, 4) is 0 Å². The zero-order valence-electron chi connectivity index (χ0n) is 19.6. The number of amides is 1. The van der Waals surface area contributed by atoms with Crippen LogP contribution in [0.1, 0.15) is 37.6 Å². The van der Waals surface area contributed by atoms with Gasteiger partial charge in [0.2, 0.25) is 0 Å². The number of nitrogens with one attached hydrogen (secondary N) is 1. The lowest BCUT2D eigenvalue weighted by molar-refractivity contribution is -0.192. The molecular formula is C26H23F3N2O5S. The van der Waals surface area contributed by atoms with Crippen LogP contribution in [0.25, 0.3) is 5.57 Å². The maximum atomic E-state index is 12.3. The van der Waals surface area contributed by atoms with E-state index in [1.165, 1.54) is 34.1 Å². The number of aromatic carboxylic acids is 1. The monoisotopic (exact) mass is 532 g/mol. The molecule has 1 aliphatic heterocycles. The highest BCUT2D eigenvalue weighted by Gasteiger charge is 2.38. The van der Waals surface area contributed by atoms with Gasteiger partial charge in [0.1, 0.15) is 0 Å². The van der Waals surface area contributed by atoms with Crippen LogP contribution in [-0.2, 0) is 4.79 Å². The third-order valence-electron chi connectivity index (χ3n) is 5.51. The van der Waals surface area contributed by atoms with Gasteiger partial charge in [-0.15, -0.1) is 11.3 Å². The number of hydrogen-bond acceptors (Lipinski definition) is 5. The van der Waals surface area contributed by atoms with Crippen molar-refractivity contribution in [2.24, 2.45) is 0 Å². The van der Waals surface area contributed by atoms with E-state index in [-0.39, 0.29) is 11.5 Å². The van der Waals surface area contributed by atoms with E-state index in [1.807, 2.05) is 17.5 Å². The number of alkyl halides is 3. The maximum Gasteiger partial charge on any atom is 0.490 e. The zero-order valence-corrected chi connectivity index (χ0v) is 20.4. The Balaban J connectivity index is 0.000000479. The number of rotatable bonds is 5. The van der Waals surface area contributed by atoms with Crippen molar-refractivity contribution < 1.29 is 37.8 Å². The Hall–Kier alpha value is -4.12. The molecule has 1 aliphatic rings. The van der Waals surface area contributed by atoms with Crippen molar-refractivity contribution in [2.45, 2.75) is 19.5 Å². The largest absolute Gasteiger partial charge is 0.490 e. The zero-order chi connectivity index (χ0) is 27.2. The summed E-state index contributed by atoms with van der Waals surface area (Å²) in [6.07, 6.45) is -2.06. The van der Waals surface area contributed by atoms with E-state index < -0.39 is 18.1 Å². The molecule has 0 unspecified atom stereocenters. The summed E-state index contributed by atoms with van der Waals surface area (Å²) in [6, 6.07) is 16.9. The van der Waals surface area contributed by atoms with E-state index in [2.05, 4.69) is 35.3 Å². The summed E-state index contributed by atoms with van der Waals surface area (Å²) in [5.74, 6) is -4.00. The van der Waals surface area contributed by atoms with Crippen LogP contribution in [0.15, 0.2) is 66.1 Å². The molecule has 0 bridgehead atoms. The van der Waals surface area contributed by atoms with Gasteiger partial charge in [-0.05, 0) is 59.7 Å². The molecule has 37 heavy (non-hydrogen) atoms. The highest BCUT2D eigenvalue weighted by atomic mass is 32.1. The fraction of sp³-hybridized carbons (Fsp3) is 0.192. The smallest absolute Gasteiger partial charge is 0.478 e. The number of anilines is 2. The van der Waals surface area contributed by atoms with Crippen LogP contribution >= 0.6 is 11.3 Å². The number of halogens is 3. The van der Waals surface area contributed by atoms with E-state index in [0.29, 0.717) is 22.8 Å². The van der Waals surface area contributed by atoms with E-state index in [1.54, 1.807) is 24.3 Å². The van der Waals surface area contributed by atoms with Gasteiger partial charge in [-0.3, -0.25) is 4.79 Å². The average Bonchev–Trinajstić information content (AvgIpc) is 3.40. The van der Waals surface area contributed by atoms with E-state index in [0.717, 1.165) is 13.0 Å². The first kappa shape index (κ1) is 27.5. The van der Waals surface area contributed by atoms with Crippen molar-refractivity contribution in [3.63, 3.8) is 0 Å². The second-order valence-electron chi connectivity index (χ2n) is 8.01. The molecule has 0 spiro atoms. The van der Waals surface area contributed by atoms with Crippen LogP contribution in [0.2, 0.25) is 0 Å². The van der Waals surface area contributed by atoms with Gasteiger partial charge in [-0.25, -0.2) is 9.59 Å². The standard InChI is InChI=1S/C24H22N2O3S.C2HF3O2/c1-16-5-2-3-6-19(16)17-10-12-26(13-11-17)21-9-8-18(15-20(21)24(28)29)25-23(27)22-7-4-14-30-22;3-2(4,5)1(6)7/h2-10,14-15H,11-13H2,1H3,(H,25,27)(H,28,29);(H,6,7). The Bertz CT molecular complexity index is 1320. The van der Waals surface area contributed by atoms with Crippen molar-refractivity contribution in [1.29, 1.82) is 0 Å². The molecule has 194 valence electrons. The minimum Gasteiger partial charge on any atom is -0.478 e. The van der Waals surface area contributed by atoms with Gasteiger partial charge in [0.15, 0.2) is 0 Å². The number of thiophene rings is 1. The number of carboxylic acid groups (broad SMARTS) is 2. The Kier molecular flexibility index (Phi) is 8.72. The van der Waals surface area contributed by atoms with Crippen LogP contribution in [0.5, 0.6) is 0 Å². The molecule has 0 radical (unpaired) electrons. The summed E-state index contributed by atoms with van der Waals surface area (Å²) in [5, 5.41) is 21.5. The molecule has 0 fully saturated rings. The normalized spacial score (nSPS) is 13.2. The Morgan fingerprint density at radius 1 is 1.03 bits per heavy atom. The Morgan fingerprint density at radius 3 is 2.27 bits per heavy atom. The van der Waals surface area contributed by atoms with Crippen molar-refractivity contribution in [1.82, 2.24) is 0 Å². The quantitative estimate of drug-likeness (QED) is 0.376. The minimum atomic E-state index is -5.08. The molecule has 3 aromatic rings. The highest BCUT2D eigenvalue weighted by Crippen LogP contribution is 2.31. The van der Waals surface area contributed by atoms with Gasteiger partial charge in [-0.2, -0.15) is 13.2 Å². The average molecular weight is 533 g/mol. The predicted octanol–water partition coefficient (Wildman–Crippen LogP) is 5.93. The van der Waals surface area contributed by atoms with Crippen LogP contribution in [0.3, 0.4) is 0 Å². The highest BCUT2D eigenvalue weighted by molar-refractivity contribution is 7.12. The molecule has 0 atom stereocenters. The number of aryl methyl sites for hydroxylation is 1. The second-order valence-corrected chi connectivity index (χ2v) is 8.96. The van der Waals surface area contributed by atoms with Crippen molar-refractivity contribution in [2.75, 3.05) is 23.3 Å². The first-order valence-corrected chi connectivity index (χ1v) is 11.9. The fourth-order valence-corrected chi connectivity index (χ4v) is 4.35. The molecule has 1 aromatic heterocycles. The van der Waals surface area contributed by atoms with Gasteiger partial charge in [0.25, 0.3) is 5.91 Å². The van der Waals surface area contributed by atoms with Crippen molar-refractivity contribution in [3.05, 3.63) is 87.6 Å². The lowest BCUT2D eigenvalue weighted by atomic mass is 9.95. The van der Waals surface area contributed by atoms with Crippen LogP contribution in [0.4, 0.5) is 24.5 Å². The summed E-state index contributed by atoms with van der Waals surface area (Å²) in [4.78, 5) is 35.7. The third kappa shape index (κ3) is 7.20. The first-order valence-electron chi connectivity index (χ1n) is 11.0. The summed E-state index contributed by atoms with van der Waals surface area (Å²) < 4.78 is 31.7. The fourth-order valence-electron chi connectivity index (χ4n) is 3.73. The second kappa shape index (κ2) is 11.7. The third-order valence-corrected chi connectivity index (χ3v) is 6.38. The van der Waals surface area contributed by atoms with Gasteiger partial charge >= 0.3 is 18.1 Å². The Labute approximate surface area is 214 Å². The number of aliphatic carboxylic acids is 1. The number of hydrogen-bond donors (Lipinski definition) is 3. The first-order chi connectivity index (χ1) is 17.5. The van der Waals surface area contributed by atoms with Crippen LogP contribution in [-0.4, -0.2) is 47.3 Å². The minimum absolute atomic E-state index is 0.187. The van der Waals surface area contributed by atoms with E-state index in [9.17, 15) is 27.9 Å². The molecule has 2 aromatic carbocycles. The van der Waals surface area contributed by atoms with Crippen molar-refractivity contribution >= 4 is 46.1 Å². The predicted molar refractivity (Wildman–Crippen MR) is 135 cm³/mol. The van der Waals surface area contributed by atoms with Crippen LogP contribution < -0.4 is 10.2 Å². The van der Waals surface area contributed by atoms with Gasteiger partial charge in [0, 0.05) is 18.8 Å². The molecule has 2 heterocycles. The molecule has 0 saturated carbocycles. The van der Waals surface area contributed by atoms with E-state index >= 15 is 0 Å². The number of carbonyl (C=O) groups is 3. The van der Waals surface area contributed by atoms with Gasteiger partial charge < -0.3 is 20.4 Å². The number of benzene rings is 2. The molecule has 0 aliphatic carbocycles. The van der Waals surface area contributed by atoms with E-state index in [4.69, 9.17) is 9.90 Å². The number of carboxylic acids is 2. The lowest BCUT2D eigenvalue weighted by Crippen LogP contribution is -2.30. The topological polar surface area (TPSA) is 107 Å². The molecule has 7 nitrogen and oxygen atoms in total. The molecule has 1 amide bonds. The van der Waals surface area contributed by atoms with Gasteiger partial charge in [-0.1, -0.05) is 36.4 Å². The molecule has 11 heteroatoms. The molecule has 3 N–H and O–H groups in total. The molecule has 4 rings (SSSR count). The SMILES string of the molecule is Cc1ccccc1C1=CCN(c2ccc(NC(=O)c3cccs3)cc2C(=O)O)CC1.O=C(O)C(F)(F)F. The maximum absolute atomic E-state index is 12.3. The summed E-state index contributed by atoms with van der Waals surface area (Å²) in [5.41, 5.74) is 5.11. The van der Waals surface area contributed by atoms with Crippen LogP contribution in [0, 0.1) is 6.92 Å². The summed E-state index contributed by atoms with van der Waals surface area (Å²) >= 11 is 1.34.